The number of benzene rings is 4. The maximum Gasteiger partial charge on any atom is 0.305 e. The van der Waals surface area contributed by atoms with Crippen molar-refractivity contribution in [2.75, 3.05) is 0 Å². The second-order valence-corrected chi connectivity index (χ2v) is 10.4. The van der Waals surface area contributed by atoms with Gasteiger partial charge < -0.3 is 55.1 Å². The summed E-state index contributed by atoms with van der Waals surface area (Å²) in [6.07, 6.45) is -3.24. The number of phenolic OH excluding ortho intramolecular Hbond substituents is 6. The van der Waals surface area contributed by atoms with Crippen LogP contribution in [0, 0.1) is 0 Å². The first kappa shape index (κ1) is 25.0. The van der Waals surface area contributed by atoms with E-state index in [-0.39, 0.29) is 52.0 Å². The summed E-state index contributed by atoms with van der Waals surface area (Å²) in [5, 5.41) is 83.5. The van der Waals surface area contributed by atoms with Crippen LogP contribution in [0.25, 0.3) is 0 Å². The summed E-state index contributed by atoms with van der Waals surface area (Å²) >= 11 is 0. The predicted molar refractivity (Wildman–Crippen MR) is 140 cm³/mol. The quantitative estimate of drug-likeness (QED) is 0.168. The molecule has 5 atom stereocenters. The molecule has 4 aromatic rings. The minimum absolute atomic E-state index is 0.0391. The Morgan fingerprint density at radius 3 is 2.10 bits per heavy atom. The number of fused-ring (bicyclic) bond motifs is 7. The van der Waals surface area contributed by atoms with Crippen molar-refractivity contribution in [3.63, 3.8) is 0 Å². The highest BCUT2D eigenvalue weighted by molar-refractivity contribution is 5.63. The number of aliphatic hydroxyl groups is 2. The SMILES string of the molecule is Oc1cc(O)c2c(c1)O[C@@]1(c3ccc(O)c(O)c3)Oc3cc4c(cc3[C@@H]2[C@H]1O)C[C@@H](O)[C@@H](c1ccc(O)c(O)c1)O4. The smallest absolute Gasteiger partial charge is 0.305 e. The molecule has 11 heteroatoms. The molecule has 41 heavy (non-hydrogen) atoms. The van der Waals surface area contributed by atoms with E-state index in [1.54, 1.807) is 12.1 Å². The van der Waals surface area contributed by atoms with Gasteiger partial charge in [0.15, 0.2) is 23.0 Å². The normalized spacial score (nSPS) is 25.5. The molecule has 0 aliphatic carbocycles. The Morgan fingerprint density at radius 2 is 1.37 bits per heavy atom. The van der Waals surface area contributed by atoms with Gasteiger partial charge in [-0.05, 0) is 47.5 Å². The Labute approximate surface area is 231 Å². The molecule has 0 saturated carbocycles. The fraction of sp³-hybridized carbons (Fsp3) is 0.200. The first-order valence-electron chi connectivity index (χ1n) is 12.7. The average Bonchev–Trinajstić information content (AvgIpc) is 2.91. The van der Waals surface area contributed by atoms with E-state index in [2.05, 4.69) is 0 Å². The molecule has 8 N–H and O–H groups in total. The van der Waals surface area contributed by atoms with Crippen molar-refractivity contribution in [2.24, 2.45) is 0 Å². The highest BCUT2D eigenvalue weighted by Gasteiger charge is 2.58. The van der Waals surface area contributed by atoms with E-state index in [4.69, 9.17) is 14.2 Å². The molecule has 7 rings (SSSR count). The molecule has 0 radical (unpaired) electrons. The Bertz CT molecular complexity index is 1730. The second kappa shape index (κ2) is 8.50. The molecule has 3 aliphatic heterocycles. The monoisotopic (exact) mass is 560 g/mol. The van der Waals surface area contributed by atoms with Gasteiger partial charge in [-0.25, -0.2) is 0 Å². The molecule has 0 fully saturated rings. The van der Waals surface area contributed by atoms with Gasteiger partial charge in [-0.3, -0.25) is 0 Å². The Hall–Kier alpha value is -5.00. The fourth-order valence-electron chi connectivity index (χ4n) is 5.98. The molecule has 4 aromatic carbocycles. The minimum atomic E-state index is -1.97. The Balaban J connectivity index is 1.40. The van der Waals surface area contributed by atoms with E-state index in [1.165, 1.54) is 42.5 Å². The molecule has 11 nitrogen and oxygen atoms in total. The lowest BCUT2D eigenvalue weighted by Crippen LogP contribution is -2.57. The first-order chi connectivity index (χ1) is 19.6. The van der Waals surface area contributed by atoms with E-state index >= 15 is 0 Å². The summed E-state index contributed by atoms with van der Waals surface area (Å²) in [4.78, 5) is 0. The highest BCUT2D eigenvalue weighted by atomic mass is 16.7. The number of aliphatic hydroxyl groups excluding tert-OH is 2. The molecular formula is C30H24O11. The zero-order valence-electron chi connectivity index (χ0n) is 21.1. The summed E-state index contributed by atoms with van der Waals surface area (Å²) in [6.45, 7) is 0. The number of hydrogen-bond acceptors (Lipinski definition) is 11. The van der Waals surface area contributed by atoms with Crippen LogP contribution in [-0.4, -0.2) is 53.1 Å². The van der Waals surface area contributed by atoms with Crippen LogP contribution in [0.5, 0.6) is 51.7 Å². The second-order valence-electron chi connectivity index (χ2n) is 10.4. The van der Waals surface area contributed by atoms with Crippen LogP contribution < -0.4 is 14.2 Å². The number of ether oxygens (including phenoxy) is 3. The van der Waals surface area contributed by atoms with Crippen LogP contribution >= 0.6 is 0 Å². The third-order valence-electron chi connectivity index (χ3n) is 7.91. The van der Waals surface area contributed by atoms with Gasteiger partial charge in [0.25, 0.3) is 0 Å². The van der Waals surface area contributed by atoms with E-state index in [0.29, 0.717) is 22.4 Å². The molecule has 0 spiro atoms. The molecule has 0 amide bonds. The van der Waals surface area contributed by atoms with Gasteiger partial charge in [0.1, 0.15) is 41.0 Å². The number of phenols is 6. The number of hydrogen-bond donors (Lipinski definition) is 8. The molecule has 0 saturated heterocycles. The summed E-state index contributed by atoms with van der Waals surface area (Å²) in [5.74, 6) is -4.46. The van der Waals surface area contributed by atoms with E-state index < -0.39 is 41.5 Å². The number of rotatable bonds is 2. The zero-order chi connectivity index (χ0) is 28.8. The van der Waals surface area contributed by atoms with Gasteiger partial charge in [-0.2, -0.15) is 0 Å². The minimum Gasteiger partial charge on any atom is -0.508 e. The highest BCUT2D eigenvalue weighted by Crippen LogP contribution is 2.59. The van der Waals surface area contributed by atoms with Crippen LogP contribution in [0.3, 0.4) is 0 Å². The van der Waals surface area contributed by atoms with Gasteiger partial charge in [0.05, 0.1) is 12.0 Å². The molecule has 3 heterocycles. The maximum atomic E-state index is 11.7. The Morgan fingerprint density at radius 1 is 0.659 bits per heavy atom. The van der Waals surface area contributed by atoms with Crippen molar-refractivity contribution in [2.45, 2.75) is 36.4 Å². The van der Waals surface area contributed by atoms with E-state index in [1.807, 2.05) is 0 Å². The molecule has 2 bridgehead atoms. The fourth-order valence-corrected chi connectivity index (χ4v) is 5.98. The van der Waals surface area contributed by atoms with Crippen molar-refractivity contribution in [1.82, 2.24) is 0 Å². The largest absolute Gasteiger partial charge is 0.508 e. The molecule has 3 aliphatic rings. The maximum absolute atomic E-state index is 11.7. The lowest BCUT2D eigenvalue weighted by Gasteiger charge is -2.50. The van der Waals surface area contributed by atoms with Crippen LogP contribution in [0.2, 0.25) is 0 Å². The van der Waals surface area contributed by atoms with Crippen molar-refractivity contribution in [3.8, 4) is 51.7 Å². The van der Waals surface area contributed by atoms with Crippen molar-refractivity contribution in [3.05, 3.63) is 88.5 Å². The van der Waals surface area contributed by atoms with Crippen molar-refractivity contribution >= 4 is 0 Å². The predicted octanol–water partition coefficient (Wildman–Crippen LogP) is 3.09. The topological polar surface area (TPSA) is 190 Å². The first-order valence-corrected chi connectivity index (χ1v) is 12.7. The summed E-state index contributed by atoms with van der Waals surface area (Å²) in [7, 11) is 0. The lowest BCUT2D eigenvalue weighted by molar-refractivity contribution is -0.218. The molecule has 0 unspecified atom stereocenters. The van der Waals surface area contributed by atoms with E-state index in [0.717, 1.165) is 6.07 Å². The average molecular weight is 561 g/mol. The summed E-state index contributed by atoms with van der Waals surface area (Å²) < 4.78 is 18.6. The lowest BCUT2D eigenvalue weighted by atomic mass is 9.75. The molecule has 0 aromatic heterocycles. The third-order valence-corrected chi connectivity index (χ3v) is 7.91. The number of aromatic hydroxyl groups is 6. The summed E-state index contributed by atoms with van der Waals surface area (Å²) in [5.41, 5.74) is 1.83. The molecular weight excluding hydrogens is 536 g/mol. The third kappa shape index (κ3) is 3.59. The van der Waals surface area contributed by atoms with Crippen LogP contribution in [-0.2, 0) is 12.2 Å². The van der Waals surface area contributed by atoms with Gasteiger partial charge in [-0.15, -0.1) is 0 Å². The van der Waals surface area contributed by atoms with Crippen LogP contribution in [0.1, 0.15) is 39.8 Å². The van der Waals surface area contributed by atoms with Crippen LogP contribution in [0.15, 0.2) is 60.7 Å². The summed E-state index contributed by atoms with van der Waals surface area (Å²) in [6, 6.07) is 13.6. The van der Waals surface area contributed by atoms with Gasteiger partial charge in [-0.1, -0.05) is 6.07 Å². The van der Waals surface area contributed by atoms with Crippen LogP contribution in [0.4, 0.5) is 0 Å². The molecule has 210 valence electrons. The van der Waals surface area contributed by atoms with Gasteiger partial charge in [0.2, 0.25) is 0 Å². The standard InChI is InChI=1S/C30H24O11/c31-15-9-21(36)27-25(10-15)41-30(14-2-4-18(33)20(35)8-14)29(38)26(27)16-5-13-7-22(37)28(39-23(13)11-24(16)40-30)12-1-3-17(32)19(34)6-12/h1-6,8-11,22,26,28-29,31-38H,7H2/t22-,26+,28-,29-,30-/m1/s1. The van der Waals surface area contributed by atoms with Crippen molar-refractivity contribution < 1.29 is 55.1 Å². The van der Waals surface area contributed by atoms with Crippen molar-refractivity contribution in [1.29, 1.82) is 0 Å². The Kier molecular flexibility index (Phi) is 5.18. The van der Waals surface area contributed by atoms with Gasteiger partial charge in [0, 0.05) is 41.3 Å². The van der Waals surface area contributed by atoms with E-state index in [9.17, 15) is 40.9 Å². The van der Waals surface area contributed by atoms with Gasteiger partial charge >= 0.3 is 5.79 Å². The zero-order valence-corrected chi connectivity index (χ0v) is 21.1.